The molecule has 0 unspecified atom stereocenters. The summed E-state index contributed by atoms with van der Waals surface area (Å²) < 4.78 is 5.62. The van der Waals surface area contributed by atoms with Crippen molar-refractivity contribution in [3.05, 3.63) is 73.4 Å². The summed E-state index contributed by atoms with van der Waals surface area (Å²) in [4.78, 5) is 31.3. The summed E-state index contributed by atoms with van der Waals surface area (Å²) in [5, 5.41) is 14.8. The number of halogens is 1. The third-order valence-electron chi connectivity index (χ3n) is 3.47. The summed E-state index contributed by atoms with van der Waals surface area (Å²) in [6.45, 7) is 1.88. The molecular weight excluding hydrogens is 392 g/mol. The number of anilines is 1. The first-order chi connectivity index (χ1) is 12.9. The molecule has 0 aliphatic heterocycles. The Balaban J connectivity index is 1.71. The number of aromatic nitrogens is 2. The van der Waals surface area contributed by atoms with Gasteiger partial charge in [-0.05, 0) is 37.3 Å². The van der Waals surface area contributed by atoms with Gasteiger partial charge in [-0.15, -0.1) is 11.3 Å². The molecule has 0 saturated heterocycles. The van der Waals surface area contributed by atoms with Crippen molar-refractivity contribution in [3.63, 3.8) is 0 Å². The molecule has 1 aromatic carbocycles. The quantitative estimate of drug-likeness (QED) is 0.486. The van der Waals surface area contributed by atoms with Gasteiger partial charge in [-0.3, -0.25) is 19.9 Å². The predicted octanol–water partition coefficient (Wildman–Crippen LogP) is 4.24. The number of nitrogens with one attached hydrogen (secondary N) is 1. The van der Waals surface area contributed by atoms with E-state index in [2.05, 4.69) is 15.3 Å². The van der Waals surface area contributed by atoms with Crippen LogP contribution in [0.15, 0.2) is 42.7 Å². The number of nitrogens with zero attached hydrogens (tertiary/aromatic N) is 3. The van der Waals surface area contributed by atoms with Crippen molar-refractivity contribution in [3.8, 4) is 5.75 Å². The van der Waals surface area contributed by atoms with Crippen LogP contribution in [0.1, 0.15) is 20.4 Å². The number of pyridine rings is 1. The maximum absolute atomic E-state index is 12.5. The molecule has 3 rings (SSSR count). The van der Waals surface area contributed by atoms with Crippen LogP contribution in [0.25, 0.3) is 0 Å². The van der Waals surface area contributed by atoms with Gasteiger partial charge in [0.15, 0.2) is 0 Å². The number of hydrogen-bond acceptors (Lipinski definition) is 7. The van der Waals surface area contributed by atoms with Crippen LogP contribution in [0.5, 0.6) is 5.75 Å². The van der Waals surface area contributed by atoms with Gasteiger partial charge in [-0.1, -0.05) is 11.6 Å². The molecule has 1 N–H and O–H groups in total. The lowest BCUT2D eigenvalue weighted by molar-refractivity contribution is -0.384. The molecule has 0 spiro atoms. The Morgan fingerprint density at radius 2 is 2.07 bits per heavy atom. The minimum Gasteiger partial charge on any atom is -0.486 e. The Labute approximate surface area is 163 Å². The van der Waals surface area contributed by atoms with Crippen LogP contribution in [0.2, 0.25) is 5.02 Å². The van der Waals surface area contributed by atoms with E-state index in [1.54, 1.807) is 31.2 Å². The Kier molecular flexibility index (Phi) is 5.63. The minimum absolute atomic E-state index is 0.0757. The van der Waals surface area contributed by atoms with Crippen LogP contribution >= 0.6 is 22.9 Å². The number of ether oxygens (including phenoxy) is 1. The highest BCUT2D eigenvalue weighted by Gasteiger charge is 2.20. The number of aryl methyl sites for hydroxylation is 1. The van der Waals surface area contributed by atoms with E-state index >= 15 is 0 Å². The van der Waals surface area contributed by atoms with Crippen LogP contribution in [0, 0.1) is 17.0 Å². The van der Waals surface area contributed by atoms with Crippen molar-refractivity contribution in [1.29, 1.82) is 0 Å². The summed E-state index contributed by atoms with van der Waals surface area (Å²) in [6.07, 6.45) is 2.45. The zero-order valence-electron chi connectivity index (χ0n) is 14.0. The molecule has 0 bridgehead atoms. The fourth-order valence-corrected chi connectivity index (χ4v) is 3.22. The molecule has 10 heteroatoms. The van der Waals surface area contributed by atoms with E-state index < -0.39 is 10.8 Å². The van der Waals surface area contributed by atoms with Gasteiger partial charge in [0.25, 0.3) is 5.91 Å². The van der Waals surface area contributed by atoms with Crippen LogP contribution in [0.3, 0.4) is 0 Å². The lowest BCUT2D eigenvalue weighted by atomic mass is 10.3. The average molecular weight is 405 g/mol. The Bertz CT molecular complexity index is 991. The lowest BCUT2D eigenvalue weighted by Crippen LogP contribution is -2.13. The summed E-state index contributed by atoms with van der Waals surface area (Å²) in [7, 11) is 0. The van der Waals surface area contributed by atoms with E-state index in [0.29, 0.717) is 26.4 Å². The topological polar surface area (TPSA) is 107 Å². The number of hydrogen-bond donors (Lipinski definition) is 1. The van der Waals surface area contributed by atoms with Gasteiger partial charge in [-0.2, -0.15) is 0 Å². The fraction of sp³-hybridized carbons (Fsp3) is 0.118. The summed E-state index contributed by atoms with van der Waals surface area (Å²) >= 11 is 6.99. The molecule has 0 aliphatic rings. The van der Waals surface area contributed by atoms with Crippen LogP contribution in [-0.2, 0) is 6.61 Å². The molecular formula is C17H13ClN4O4S. The van der Waals surface area contributed by atoms with E-state index in [4.69, 9.17) is 16.3 Å². The molecule has 0 saturated carbocycles. The van der Waals surface area contributed by atoms with E-state index in [-0.39, 0.29) is 18.0 Å². The molecule has 0 aliphatic carbocycles. The standard InChI is InChI=1S/C17H13ClN4O4S/c1-10-16(17(23)21-13-6-7-19-8-14(13)22(24)25)27-15(20-10)9-26-12-4-2-11(18)3-5-12/h2-8H,9H2,1H3,(H,19,21,23). The Hall–Kier alpha value is -3.04. The van der Waals surface area contributed by atoms with Gasteiger partial charge in [0.2, 0.25) is 0 Å². The van der Waals surface area contributed by atoms with Gasteiger partial charge in [-0.25, -0.2) is 4.98 Å². The molecule has 3 aromatic rings. The molecule has 2 aromatic heterocycles. The predicted molar refractivity (Wildman–Crippen MR) is 101 cm³/mol. The molecule has 1 amide bonds. The summed E-state index contributed by atoms with van der Waals surface area (Å²) in [6, 6.07) is 8.27. The molecule has 0 fully saturated rings. The van der Waals surface area contributed by atoms with Crippen molar-refractivity contribution in [2.24, 2.45) is 0 Å². The first-order valence-corrected chi connectivity index (χ1v) is 8.88. The first kappa shape index (κ1) is 18.7. The number of thiazole rings is 1. The number of amides is 1. The zero-order chi connectivity index (χ0) is 19.4. The molecule has 8 nitrogen and oxygen atoms in total. The highest BCUT2D eigenvalue weighted by Crippen LogP contribution is 2.26. The van der Waals surface area contributed by atoms with E-state index in [9.17, 15) is 14.9 Å². The summed E-state index contributed by atoms with van der Waals surface area (Å²) in [5.41, 5.74) is 0.315. The Morgan fingerprint density at radius 3 is 2.78 bits per heavy atom. The largest absolute Gasteiger partial charge is 0.486 e. The second kappa shape index (κ2) is 8.11. The van der Waals surface area contributed by atoms with Crippen molar-refractivity contribution in [2.75, 3.05) is 5.32 Å². The normalized spacial score (nSPS) is 10.4. The molecule has 0 radical (unpaired) electrons. The second-order valence-electron chi connectivity index (χ2n) is 5.37. The molecule has 27 heavy (non-hydrogen) atoms. The molecule has 2 heterocycles. The van der Waals surface area contributed by atoms with E-state index in [1.807, 2.05) is 0 Å². The zero-order valence-corrected chi connectivity index (χ0v) is 15.6. The summed E-state index contributed by atoms with van der Waals surface area (Å²) in [5.74, 6) is 0.155. The van der Waals surface area contributed by atoms with Crippen molar-refractivity contribution >= 4 is 40.2 Å². The maximum atomic E-state index is 12.5. The van der Waals surface area contributed by atoms with Crippen molar-refractivity contribution in [1.82, 2.24) is 9.97 Å². The van der Waals surface area contributed by atoms with Crippen LogP contribution in [-0.4, -0.2) is 20.8 Å². The number of carbonyl (C=O) groups is 1. The van der Waals surface area contributed by atoms with Gasteiger partial charge < -0.3 is 10.1 Å². The van der Waals surface area contributed by atoms with Gasteiger partial charge in [0.1, 0.15) is 34.1 Å². The smallest absolute Gasteiger partial charge is 0.310 e. The lowest BCUT2D eigenvalue weighted by Gasteiger charge is -2.04. The fourth-order valence-electron chi connectivity index (χ4n) is 2.22. The van der Waals surface area contributed by atoms with Crippen LogP contribution in [0.4, 0.5) is 11.4 Å². The Morgan fingerprint density at radius 1 is 1.33 bits per heavy atom. The number of rotatable bonds is 6. The molecule has 0 atom stereocenters. The van der Waals surface area contributed by atoms with Crippen molar-refractivity contribution in [2.45, 2.75) is 13.5 Å². The van der Waals surface area contributed by atoms with Gasteiger partial charge in [0.05, 0.1) is 10.6 Å². The van der Waals surface area contributed by atoms with Gasteiger partial charge in [0, 0.05) is 11.2 Å². The van der Waals surface area contributed by atoms with Gasteiger partial charge >= 0.3 is 5.69 Å². The highest BCUT2D eigenvalue weighted by molar-refractivity contribution is 7.13. The number of carbonyl (C=O) groups excluding carboxylic acids is 1. The minimum atomic E-state index is -0.604. The van der Waals surface area contributed by atoms with Crippen LogP contribution < -0.4 is 10.1 Å². The highest BCUT2D eigenvalue weighted by atomic mass is 35.5. The second-order valence-corrected chi connectivity index (χ2v) is 6.89. The number of benzene rings is 1. The third kappa shape index (κ3) is 4.57. The number of nitro groups is 1. The third-order valence-corrected chi connectivity index (χ3v) is 4.85. The maximum Gasteiger partial charge on any atom is 0.310 e. The average Bonchev–Trinajstić information content (AvgIpc) is 3.02. The SMILES string of the molecule is Cc1nc(COc2ccc(Cl)cc2)sc1C(=O)Nc1ccncc1[N+](=O)[O-]. The van der Waals surface area contributed by atoms with E-state index in [0.717, 1.165) is 17.5 Å². The van der Waals surface area contributed by atoms with Crippen molar-refractivity contribution < 1.29 is 14.5 Å². The monoisotopic (exact) mass is 404 g/mol. The van der Waals surface area contributed by atoms with E-state index in [1.165, 1.54) is 12.3 Å². The molecule has 138 valence electrons. The first-order valence-electron chi connectivity index (χ1n) is 7.68.